The average Bonchev–Trinajstić information content (AvgIpc) is 2.91. The smallest absolute Gasteiger partial charge is 0.381 e. The number of benzene rings is 3. The minimum absolute atomic E-state index is 0.195. The molecule has 0 aliphatic carbocycles. The number of ketones is 1. The van der Waals surface area contributed by atoms with Gasteiger partial charge >= 0.3 is 6.18 Å². The van der Waals surface area contributed by atoms with Gasteiger partial charge in [-0.05, 0) is 41.5 Å². The van der Waals surface area contributed by atoms with E-state index in [2.05, 4.69) is 15.3 Å². The summed E-state index contributed by atoms with van der Waals surface area (Å²) in [5.41, 5.74) is 2.44. The molecule has 5 aromatic rings. The molecule has 1 N–H and O–H groups in total. The summed E-state index contributed by atoms with van der Waals surface area (Å²) in [7, 11) is 0. The van der Waals surface area contributed by atoms with Crippen molar-refractivity contribution in [2.24, 2.45) is 0 Å². The summed E-state index contributed by atoms with van der Waals surface area (Å²) in [6, 6.07) is 23.6. The van der Waals surface area contributed by atoms with Crippen molar-refractivity contribution in [3.05, 3.63) is 126 Å². The number of pyridine rings is 2. The van der Waals surface area contributed by atoms with Crippen LogP contribution in [0.5, 0.6) is 0 Å². The molecule has 178 valence electrons. The summed E-state index contributed by atoms with van der Waals surface area (Å²) >= 11 is 0. The molecule has 0 aliphatic heterocycles. The Kier molecular flexibility index (Phi) is 6.21. The van der Waals surface area contributed by atoms with Gasteiger partial charge in [0, 0.05) is 52.9 Å². The molecular weight excluding hydrogens is 463 g/mol. The van der Waals surface area contributed by atoms with Crippen molar-refractivity contribution in [1.29, 1.82) is 0 Å². The van der Waals surface area contributed by atoms with Crippen LogP contribution >= 0.6 is 0 Å². The lowest BCUT2D eigenvalue weighted by Crippen LogP contribution is -2.09. The third-order valence-corrected chi connectivity index (χ3v) is 5.88. The zero-order valence-electron chi connectivity index (χ0n) is 19.0. The molecule has 0 saturated carbocycles. The number of carbonyl (C=O) groups excluding carboxylic acids is 1. The summed E-state index contributed by atoms with van der Waals surface area (Å²) in [5, 5.41) is 3.59. The maximum atomic E-state index is 13.8. The zero-order chi connectivity index (χ0) is 25.1. The number of halogens is 3. The van der Waals surface area contributed by atoms with Crippen LogP contribution in [0.2, 0.25) is 0 Å². The second-order valence-electron chi connectivity index (χ2n) is 8.23. The van der Waals surface area contributed by atoms with Gasteiger partial charge in [-0.3, -0.25) is 14.8 Å². The van der Waals surface area contributed by atoms with Gasteiger partial charge in [0.2, 0.25) is 0 Å². The molecule has 2 aromatic heterocycles. The second kappa shape index (κ2) is 9.62. The van der Waals surface area contributed by atoms with Crippen molar-refractivity contribution in [2.45, 2.75) is 12.7 Å². The number of aromatic nitrogens is 2. The van der Waals surface area contributed by atoms with E-state index < -0.39 is 11.7 Å². The van der Waals surface area contributed by atoms with Crippen molar-refractivity contribution in [2.75, 3.05) is 5.32 Å². The topological polar surface area (TPSA) is 54.9 Å². The van der Waals surface area contributed by atoms with Crippen LogP contribution in [0.3, 0.4) is 0 Å². The molecule has 2 heterocycles. The Morgan fingerprint density at radius 1 is 0.861 bits per heavy atom. The van der Waals surface area contributed by atoms with Gasteiger partial charge in [0.15, 0.2) is 5.78 Å². The molecule has 0 unspecified atom stereocenters. The van der Waals surface area contributed by atoms with Gasteiger partial charge < -0.3 is 5.32 Å². The quantitative estimate of drug-likeness (QED) is 0.261. The third kappa shape index (κ3) is 4.68. The van der Waals surface area contributed by atoms with Crippen LogP contribution in [0, 0.1) is 0 Å². The number of alkyl halides is 3. The van der Waals surface area contributed by atoms with E-state index in [1.165, 1.54) is 12.3 Å². The summed E-state index contributed by atoms with van der Waals surface area (Å²) in [5.74, 6) is -0.312. The van der Waals surface area contributed by atoms with Crippen LogP contribution < -0.4 is 5.32 Å². The van der Waals surface area contributed by atoms with E-state index in [9.17, 15) is 18.0 Å². The van der Waals surface area contributed by atoms with Gasteiger partial charge in [0.1, 0.15) is 0 Å². The van der Waals surface area contributed by atoms with Crippen molar-refractivity contribution in [3.8, 4) is 11.1 Å². The number of nitrogens with zero attached hydrogens (tertiary/aromatic N) is 2. The molecule has 0 amide bonds. The van der Waals surface area contributed by atoms with E-state index >= 15 is 0 Å². The first-order valence-electron chi connectivity index (χ1n) is 11.2. The maximum Gasteiger partial charge on any atom is 0.418 e. The van der Waals surface area contributed by atoms with Crippen molar-refractivity contribution < 1.29 is 18.0 Å². The number of anilines is 1. The highest BCUT2D eigenvalue weighted by Gasteiger charge is 2.34. The Hall–Kier alpha value is -4.52. The van der Waals surface area contributed by atoms with Gasteiger partial charge in [-0.1, -0.05) is 54.6 Å². The summed E-state index contributed by atoms with van der Waals surface area (Å²) in [6.45, 7) is 0.539. The minimum atomic E-state index is -4.58. The highest BCUT2D eigenvalue weighted by Crippen LogP contribution is 2.39. The molecule has 3 aromatic carbocycles. The molecule has 36 heavy (non-hydrogen) atoms. The molecule has 7 heteroatoms. The van der Waals surface area contributed by atoms with Crippen molar-refractivity contribution in [3.63, 3.8) is 0 Å². The average molecular weight is 483 g/mol. The fourth-order valence-electron chi connectivity index (χ4n) is 4.17. The molecular formula is C29H20F3N3O. The first kappa shape index (κ1) is 23.2. The highest BCUT2D eigenvalue weighted by molar-refractivity contribution is 6.16. The van der Waals surface area contributed by atoms with Crippen LogP contribution in [0.25, 0.3) is 22.0 Å². The number of carbonyl (C=O) groups is 1. The van der Waals surface area contributed by atoms with E-state index in [1.54, 1.807) is 60.9 Å². The Bertz CT molecular complexity index is 1530. The molecule has 0 atom stereocenters. The van der Waals surface area contributed by atoms with Crippen LogP contribution in [-0.2, 0) is 12.7 Å². The number of hydrogen-bond donors (Lipinski definition) is 1. The van der Waals surface area contributed by atoms with Gasteiger partial charge in [0.05, 0.1) is 11.1 Å². The van der Waals surface area contributed by atoms with Gasteiger partial charge in [-0.15, -0.1) is 0 Å². The monoisotopic (exact) mass is 483 g/mol. The SMILES string of the molecule is O=C(c1ccccc1)c1cnc2c(C(F)(F)F)cccc2c1-c1cccc(NCc2ccncc2)c1. The number of rotatable bonds is 6. The van der Waals surface area contributed by atoms with Crippen molar-refractivity contribution >= 4 is 22.4 Å². The molecule has 0 saturated heterocycles. The predicted octanol–water partition coefficient (Wildman–Crippen LogP) is 7.16. The summed E-state index contributed by atoms with van der Waals surface area (Å²) in [4.78, 5) is 21.6. The normalized spacial score (nSPS) is 11.4. The molecule has 0 radical (unpaired) electrons. The third-order valence-electron chi connectivity index (χ3n) is 5.88. The van der Waals surface area contributed by atoms with Crippen LogP contribution in [0.15, 0.2) is 104 Å². The van der Waals surface area contributed by atoms with E-state index in [1.807, 2.05) is 24.3 Å². The highest BCUT2D eigenvalue weighted by atomic mass is 19.4. The fourth-order valence-corrected chi connectivity index (χ4v) is 4.17. The molecule has 0 bridgehead atoms. The maximum absolute atomic E-state index is 13.8. The van der Waals surface area contributed by atoms with E-state index in [-0.39, 0.29) is 22.2 Å². The second-order valence-corrected chi connectivity index (χ2v) is 8.23. The predicted molar refractivity (Wildman–Crippen MR) is 134 cm³/mol. The fraction of sp³-hybridized carbons (Fsp3) is 0.0690. The minimum Gasteiger partial charge on any atom is -0.381 e. The molecule has 0 aliphatic rings. The largest absolute Gasteiger partial charge is 0.418 e. The standard InChI is InChI=1S/C29H20F3N3O/c30-29(31,32)25-11-5-10-23-26(24(18-35-27(23)25)28(36)20-6-2-1-3-7-20)21-8-4-9-22(16-21)34-17-19-12-14-33-15-13-19/h1-16,18,34H,17H2. The van der Waals surface area contributed by atoms with Crippen LogP contribution in [-0.4, -0.2) is 15.8 Å². The number of nitrogens with one attached hydrogen (secondary N) is 1. The number of fused-ring (bicyclic) bond motifs is 1. The summed E-state index contributed by atoms with van der Waals surface area (Å²) < 4.78 is 41.3. The Morgan fingerprint density at radius 3 is 2.36 bits per heavy atom. The molecule has 0 spiro atoms. The Morgan fingerprint density at radius 2 is 1.61 bits per heavy atom. The number of para-hydroxylation sites is 1. The molecule has 5 rings (SSSR count). The van der Waals surface area contributed by atoms with E-state index in [0.717, 1.165) is 17.3 Å². The van der Waals surface area contributed by atoms with E-state index in [0.29, 0.717) is 23.2 Å². The van der Waals surface area contributed by atoms with Crippen molar-refractivity contribution in [1.82, 2.24) is 9.97 Å². The van der Waals surface area contributed by atoms with Gasteiger partial charge in [-0.25, -0.2) is 0 Å². The lowest BCUT2D eigenvalue weighted by Gasteiger charge is -2.16. The molecule has 0 fully saturated rings. The zero-order valence-corrected chi connectivity index (χ0v) is 19.0. The molecule has 4 nitrogen and oxygen atoms in total. The summed E-state index contributed by atoms with van der Waals surface area (Å²) in [6.07, 6.45) is 0.0779. The lowest BCUT2D eigenvalue weighted by atomic mass is 9.91. The Balaban J connectivity index is 1.67. The van der Waals surface area contributed by atoms with Gasteiger partial charge in [0.25, 0.3) is 0 Å². The first-order valence-corrected chi connectivity index (χ1v) is 11.2. The van der Waals surface area contributed by atoms with Crippen LogP contribution in [0.1, 0.15) is 27.0 Å². The lowest BCUT2D eigenvalue weighted by molar-refractivity contribution is -0.136. The Labute approximate surface area is 205 Å². The first-order chi connectivity index (χ1) is 17.4. The van der Waals surface area contributed by atoms with Gasteiger partial charge in [-0.2, -0.15) is 13.2 Å². The number of hydrogen-bond acceptors (Lipinski definition) is 4. The van der Waals surface area contributed by atoms with Crippen LogP contribution in [0.4, 0.5) is 18.9 Å². The van der Waals surface area contributed by atoms with E-state index in [4.69, 9.17) is 0 Å².